The van der Waals surface area contributed by atoms with Crippen LogP contribution in [0.15, 0.2) is 42.5 Å². The van der Waals surface area contributed by atoms with E-state index in [2.05, 4.69) is 4.98 Å². The summed E-state index contributed by atoms with van der Waals surface area (Å²) < 4.78 is 5.45. The van der Waals surface area contributed by atoms with Crippen LogP contribution in [-0.4, -0.2) is 47.2 Å². The molecule has 0 radical (unpaired) electrons. The van der Waals surface area contributed by atoms with Gasteiger partial charge in [-0.3, -0.25) is 4.79 Å². The first-order chi connectivity index (χ1) is 11.1. The number of likely N-dealkylation sites (N-methyl/N-ethyl adjacent to an activating group) is 1. The number of carbonyl (C=O) groups is 1. The van der Waals surface area contributed by atoms with E-state index in [1.54, 1.807) is 19.2 Å². The highest BCUT2D eigenvalue weighted by Gasteiger charge is 2.17. The Labute approximate surface area is 134 Å². The number of aromatic amines is 1. The van der Waals surface area contributed by atoms with Crippen molar-refractivity contribution in [3.8, 4) is 6.07 Å². The summed E-state index contributed by atoms with van der Waals surface area (Å²) in [5, 5.41) is 18.7. The molecule has 120 valence electrons. The molecule has 1 amide bonds. The van der Waals surface area contributed by atoms with Crippen LogP contribution in [0.1, 0.15) is 21.7 Å². The van der Waals surface area contributed by atoms with Gasteiger partial charge in [-0.2, -0.15) is 5.26 Å². The molecule has 1 aromatic carbocycles. The smallest absolute Gasteiger partial charge is 0.270 e. The fraction of sp³-hybridized carbons (Fsp3) is 0.294. The zero-order valence-electron chi connectivity index (χ0n) is 12.9. The number of benzene rings is 1. The highest BCUT2D eigenvalue weighted by atomic mass is 16.5. The van der Waals surface area contributed by atoms with E-state index in [0.29, 0.717) is 18.0 Å². The van der Waals surface area contributed by atoms with Crippen LogP contribution < -0.4 is 0 Å². The lowest BCUT2D eigenvalue weighted by atomic mass is 10.2. The molecule has 2 aromatic rings. The minimum absolute atomic E-state index is 0.140. The average molecular weight is 313 g/mol. The van der Waals surface area contributed by atoms with Crippen LogP contribution in [-0.2, 0) is 11.3 Å². The molecule has 0 saturated carbocycles. The fourth-order valence-electron chi connectivity index (χ4n) is 2.13. The second-order valence-corrected chi connectivity index (χ2v) is 5.24. The van der Waals surface area contributed by atoms with Crippen LogP contribution in [0.3, 0.4) is 0 Å². The van der Waals surface area contributed by atoms with Crippen LogP contribution in [0.4, 0.5) is 0 Å². The predicted molar refractivity (Wildman–Crippen MR) is 84.6 cm³/mol. The molecule has 0 aliphatic carbocycles. The summed E-state index contributed by atoms with van der Waals surface area (Å²) in [5.41, 5.74) is 1.68. The molecule has 1 atom stereocenters. The average Bonchev–Trinajstić information content (AvgIpc) is 3.04. The van der Waals surface area contributed by atoms with Gasteiger partial charge in [-0.05, 0) is 17.7 Å². The molecule has 6 nitrogen and oxygen atoms in total. The number of aliphatic hydroxyl groups is 1. The number of ether oxygens (including phenoxy) is 1. The van der Waals surface area contributed by atoms with Gasteiger partial charge < -0.3 is 19.7 Å². The minimum atomic E-state index is -0.780. The molecule has 0 aliphatic heterocycles. The largest absolute Gasteiger partial charge is 0.389 e. The van der Waals surface area contributed by atoms with E-state index in [9.17, 15) is 9.90 Å². The molecule has 0 spiro atoms. The number of carbonyl (C=O) groups excluding carboxylic acids is 1. The summed E-state index contributed by atoms with van der Waals surface area (Å²) >= 11 is 0. The van der Waals surface area contributed by atoms with Gasteiger partial charge >= 0.3 is 0 Å². The van der Waals surface area contributed by atoms with E-state index in [1.165, 1.54) is 4.90 Å². The molecule has 1 aromatic heterocycles. The van der Waals surface area contributed by atoms with E-state index < -0.39 is 6.10 Å². The molecule has 2 N–H and O–H groups in total. The zero-order chi connectivity index (χ0) is 16.7. The van der Waals surface area contributed by atoms with Crippen molar-refractivity contribution in [1.82, 2.24) is 9.88 Å². The van der Waals surface area contributed by atoms with Crippen LogP contribution in [0.2, 0.25) is 0 Å². The molecule has 1 heterocycles. The number of nitriles is 1. The maximum Gasteiger partial charge on any atom is 0.270 e. The monoisotopic (exact) mass is 313 g/mol. The van der Waals surface area contributed by atoms with Crippen molar-refractivity contribution in [3.05, 3.63) is 59.4 Å². The minimum Gasteiger partial charge on any atom is -0.389 e. The lowest BCUT2D eigenvalue weighted by Gasteiger charge is -2.20. The van der Waals surface area contributed by atoms with Crippen molar-refractivity contribution >= 4 is 5.91 Å². The summed E-state index contributed by atoms with van der Waals surface area (Å²) in [7, 11) is 1.59. The van der Waals surface area contributed by atoms with Gasteiger partial charge in [0, 0.05) is 13.6 Å². The number of aromatic nitrogens is 1. The lowest BCUT2D eigenvalue weighted by molar-refractivity contribution is 0.0136. The quantitative estimate of drug-likeness (QED) is 0.811. The Bertz CT molecular complexity index is 676. The molecule has 0 saturated heterocycles. The van der Waals surface area contributed by atoms with E-state index in [0.717, 1.165) is 5.56 Å². The number of aliphatic hydroxyl groups excluding tert-OH is 1. The molecular weight excluding hydrogens is 294 g/mol. The number of H-pyrrole nitrogens is 1. The molecule has 2 rings (SSSR count). The number of hydrogen-bond donors (Lipinski definition) is 2. The number of amides is 1. The highest BCUT2D eigenvalue weighted by Crippen LogP contribution is 2.06. The highest BCUT2D eigenvalue weighted by molar-refractivity contribution is 5.92. The fourth-order valence-corrected chi connectivity index (χ4v) is 2.13. The molecule has 0 fully saturated rings. The first-order valence-corrected chi connectivity index (χ1v) is 7.24. The Kier molecular flexibility index (Phi) is 5.92. The van der Waals surface area contributed by atoms with Gasteiger partial charge in [0.05, 0.1) is 19.3 Å². The third kappa shape index (κ3) is 4.95. The van der Waals surface area contributed by atoms with Gasteiger partial charge in [0.1, 0.15) is 17.5 Å². The van der Waals surface area contributed by atoms with Crippen molar-refractivity contribution in [2.24, 2.45) is 0 Å². The van der Waals surface area contributed by atoms with Crippen LogP contribution in [0.5, 0.6) is 0 Å². The Morgan fingerprint density at radius 2 is 2.09 bits per heavy atom. The summed E-state index contributed by atoms with van der Waals surface area (Å²) in [5.74, 6) is -0.284. The Balaban J connectivity index is 1.76. The summed E-state index contributed by atoms with van der Waals surface area (Å²) in [4.78, 5) is 16.2. The van der Waals surface area contributed by atoms with E-state index in [-0.39, 0.29) is 19.1 Å². The van der Waals surface area contributed by atoms with Crippen molar-refractivity contribution in [1.29, 1.82) is 5.26 Å². The van der Waals surface area contributed by atoms with E-state index in [4.69, 9.17) is 10.00 Å². The van der Waals surface area contributed by atoms with E-state index in [1.807, 2.05) is 36.4 Å². The van der Waals surface area contributed by atoms with Crippen molar-refractivity contribution in [2.75, 3.05) is 20.2 Å². The van der Waals surface area contributed by atoms with Gasteiger partial charge in [0.15, 0.2) is 0 Å². The Morgan fingerprint density at radius 1 is 1.35 bits per heavy atom. The third-order valence-electron chi connectivity index (χ3n) is 3.29. The predicted octanol–water partition coefficient (Wildman–Crippen LogP) is 1.54. The standard InChI is InChI=1S/C17H19N3O3/c1-20(17(22)16-8-7-14(9-18)19-16)10-15(21)12-23-11-13-5-3-2-4-6-13/h2-8,15,19,21H,10-12H2,1H3. The molecule has 23 heavy (non-hydrogen) atoms. The SMILES string of the molecule is CN(CC(O)COCc1ccccc1)C(=O)c1ccc(C#N)[nH]1. The van der Waals surface area contributed by atoms with Crippen LogP contribution >= 0.6 is 0 Å². The third-order valence-corrected chi connectivity index (χ3v) is 3.29. The van der Waals surface area contributed by atoms with Gasteiger partial charge in [-0.1, -0.05) is 30.3 Å². The molecule has 0 aliphatic rings. The van der Waals surface area contributed by atoms with E-state index >= 15 is 0 Å². The zero-order valence-corrected chi connectivity index (χ0v) is 12.9. The first-order valence-electron chi connectivity index (χ1n) is 7.24. The normalized spacial score (nSPS) is 11.7. The van der Waals surface area contributed by atoms with Crippen LogP contribution in [0, 0.1) is 11.3 Å². The van der Waals surface area contributed by atoms with Gasteiger partial charge in [-0.25, -0.2) is 0 Å². The number of rotatable bonds is 7. The number of hydrogen-bond acceptors (Lipinski definition) is 4. The summed E-state index contributed by atoms with van der Waals surface area (Å²) in [6.45, 7) is 0.701. The van der Waals surface area contributed by atoms with Crippen molar-refractivity contribution < 1.29 is 14.6 Å². The Morgan fingerprint density at radius 3 is 2.74 bits per heavy atom. The topological polar surface area (TPSA) is 89.3 Å². The molecule has 0 bridgehead atoms. The lowest BCUT2D eigenvalue weighted by Crippen LogP contribution is -2.36. The van der Waals surface area contributed by atoms with Crippen LogP contribution in [0.25, 0.3) is 0 Å². The first kappa shape index (κ1) is 16.7. The molecule has 1 unspecified atom stereocenters. The Hall–Kier alpha value is -2.62. The molecule has 6 heteroatoms. The van der Waals surface area contributed by atoms with Gasteiger partial charge in [-0.15, -0.1) is 0 Å². The second-order valence-electron chi connectivity index (χ2n) is 5.24. The van der Waals surface area contributed by atoms with Crippen molar-refractivity contribution in [3.63, 3.8) is 0 Å². The molecular formula is C17H19N3O3. The summed E-state index contributed by atoms with van der Waals surface area (Å²) in [6, 6.07) is 14.7. The number of nitrogens with zero attached hydrogens (tertiary/aromatic N) is 2. The summed E-state index contributed by atoms with van der Waals surface area (Å²) in [6.07, 6.45) is -0.780. The van der Waals surface area contributed by atoms with Gasteiger partial charge in [0.25, 0.3) is 5.91 Å². The second kappa shape index (κ2) is 8.13. The maximum atomic E-state index is 12.1. The maximum absolute atomic E-state index is 12.1. The van der Waals surface area contributed by atoms with Crippen molar-refractivity contribution in [2.45, 2.75) is 12.7 Å². The number of nitrogens with one attached hydrogen (secondary N) is 1. The van der Waals surface area contributed by atoms with Gasteiger partial charge in [0.2, 0.25) is 0 Å².